The Kier molecular flexibility index (Phi) is 4.59. The van der Waals surface area contributed by atoms with Crippen molar-refractivity contribution in [3.63, 3.8) is 0 Å². The van der Waals surface area contributed by atoms with E-state index in [1.165, 1.54) is 0 Å². The van der Waals surface area contributed by atoms with Crippen LogP contribution in [0.25, 0.3) is 0 Å². The first-order valence-corrected chi connectivity index (χ1v) is 5.73. The molecule has 0 aliphatic rings. The predicted octanol–water partition coefficient (Wildman–Crippen LogP) is 0.882. The topological polar surface area (TPSA) is 47.5 Å². The predicted molar refractivity (Wildman–Crippen MR) is 65.7 cm³/mol. The van der Waals surface area contributed by atoms with E-state index in [-0.39, 0.29) is 11.9 Å². The van der Waals surface area contributed by atoms with Crippen molar-refractivity contribution in [1.82, 2.24) is 0 Å². The summed E-state index contributed by atoms with van der Waals surface area (Å²) in [7, 11) is 1.91. The normalized spacial score (nSPS) is 14.5. The van der Waals surface area contributed by atoms with Crippen molar-refractivity contribution in [2.75, 3.05) is 7.05 Å². The number of carbonyl (C=O) groups is 1. The molecule has 0 aromatic heterocycles. The summed E-state index contributed by atoms with van der Waals surface area (Å²) in [6.07, 6.45) is 0. The Morgan fingerprint density at radius 3 is 2.56 bits per heavy atom. The Morgan fingerprint density at radius 2 is 2.06 bits per heavy atom. The van der Waals surface area contributed by atoms with E-state index in [1.54, 1.807) is 19.1 Å². The molecule has 16 heavy (non-hydrogen) atoms. The zero-order valence-corrected chi connectivity index (χ0v) is 10.8. The molecule has 0 aliphatic carbocycles. The Balaban J connectivity index is 2.73. The molecule has 1 aromatic carbocycles. The number of nitrogens with one attached hydrogen (secondary N) is 1. The van der Waals surface area contributed by atoms with Crippen LogP contribution in [0.3, 0.4) is 0 Å². The minimum absolute atomic E-state index is 0.227. The first-order valence-electron chi connectivity index (χ1n) is 4.97. The van der Waals surface area contributed by atoms with Crippen molar-refractivity contribution >= 4 is 29.1 Å². The molecule has 0 spiro atoms. The number of rotatable bonds is 4. The highest BCUT2D eigenvalue weighted by molar-refractivity contribution is 6.42. The van der Waals surface area contributed by atoms with E-state index in [0.717, 1.165) is 10.5 Å². The van der Waals surface area contributed by atoms with Crippen LogP contribution in [-0.4, -0.2) is 19.0 Å². The van der Waals surface area contributed by atoms with E-state index < -0.39 is 0 Å². The Hall–Kier alpha value is -0.770. The summed E-state index contributed by atoms with van der Waals surface area (Å²) < 4.78 is 0. The molecule has 0 aliphatic heterocycles. The fourth-order valence-corrected chi connectivity index (χ4v) is 1.69. The number of quaternary nitrogens is 1. The highest BCUT2D eigenvalue weighted by Crippen LogP contribution is 2.22. The van der Waals surface area contributed by atoms with Crippen LogP contribution >= 0.6 is 23.2 Å². The van der Waals surface area contributed by atoms with Crippen molar-refractivity contribution in [3.8, 4) is 0 Å². The summed E-state index contributed by atoms with van der Waals surface area (Å²) in [5.41, 5.74) is 6.27. The molecular weight excluding hydrogens is 247 g/mol. The number of likely N-dealkylation sites (N-methyl/N-ethyl adjacent to an activating group) is 1. The smallest absolute Gasteiger partial charge is 0.275 e. The molecule has 2 atom stereocenters. The summed E-state index contributed by atoms with van der Waals surface area (Å²) in [4.78, 5) is 12.0. The van der Waals surface area contributed by atoms with Crippen LogP contribution in [0.5, 0.6) is 0 Å². The maximum atomic E-state index is 11.0. The number of hydrogen-bond acceptors (Lipinski definition) is 1. The van der Waals surface area contributed by atoms with Gasteiger partial charge in [0, 0.05) is 5.56 Å². The molecule has 1 aromatic rings. The van der Waals surface area contributed by atoms with Gasteiger partial charge in [0.05, 0.1) is 17.1 Å². The number of carbonyl (C=O) groups excluding carboxylic acids is 1. The fourth-order valence-electron chi connectivity index (χ4n) is 1.37. The standard InChI is InChI=1S/C11H14Cl2N2O/c1-7(11(14)16)15(2)6-8-3-4-9(12)10(13)5-8/h3-5,7H,6H2,1-2H3,(H2,14,16)/p+1/t7-/m1/s1. The third kappa shape index (κ3) is 3.37. The molecule has 0 heterocycles. The molecule has 3 nitrogen and oxygen atoms in total. The second-order valence-electron chi connectivity index (χ2n) is 3.90. The fraction of sp³-hybridized carbons (Fsp3) is 0.364. The highest BCUT2D eigenvalue weighted by Gasteiger charge is 2.18. The third-order valence-electron chi connectivity index (χ3n) is 2.63. The van der Waals surface area contributed by atoms with Crippen LogP contribution in [0.15, 0.2) is 18.2 Å². The molecule has 1 unspecified atom stereocenters. The maximum absolute atomic E-state index is 11.0. The van der Waals surface area contributed by atoms with Crippen LogP contribution < -0.4 is 10.6 Å². The van der Waals surface area contributed by atoms with Gasteiger partial charge in [0.2, 0.25) is 0 Å². The molecule has 0 saturated carbocycles. The molecule has 88 valence electrons. The van der Waals surface area contributed by atoms with Crippen LogP contribution in [-0.2, 0) is 11.3 Å². The van der Waals surface area contributed by atoms with Gasteiger partial charge in [-0.3, -0.25) is 4.79 Å². The van der Waals surface area contributed by atoms with Gasteiger partial charge < -0.3 is 10.6 Å². The van der Waals surface area contributed by atoms with E-state index in [0.29, 0.717) is 16.6 Å². The Labute approximate surface area is 105 Å². The van der Waals surface area contributed by atoms with E-state index in [9.17, 15) is 4.79 Å². The summed E-state index contributed by atoms with van der Waals surface area (Å²) in [5, 5.41) is 1.06. The molecule has 0 saturated heterocycles. The quantitative estimate of drug-likeness (QED) is 0.831. The lowest BCUT2D eigenvalue weighted by Crippen LogP contribution is -3.12. The van der Waals surface area contributed by atoms with E-state index in [1.807, 2.05) is 13.1 Å². The Morgan fingerprint density at radius 1 is 1.44 bits per heavy atom. The number of hydrogen-bond donors (Lipinski definition) is 2. The van der Waals surface area contributed by atoms with Crippen LogP contribution in [0, 0.1) is 0 Å². The van der Waals surface area contributed by atoms with Gasteiger partial charge in [0.1, 0.15) is 6.54 Å². The minimum Gasteiger partial charge on any atom is -0.365 e. The number of primary amides is 1. The van der Waals surface area contributed by atoms with E-state index in [4.69, 9.17) is 28.9 Å². The molecule has 5 heteroatoms. The second kappa shape index (κ2) is 5.53. The molecule has 0 bridgehead atoms. The zero-order chi connectivity index (χ0) is 12.3. The van der Waals surface area contributed by atoms with Crippen molar-refractivity contribution in [2.24, 2.45) is 5.73 Å². The van der Waals surface area contributed by atoms with Crippen LogP contribution in [0.4, 0.5) is 0 Å². The third-order valence-corrected chi connectivity index (χ3v) is 3.37. The number of benzene rings is 1. The minimum atomic E-state index is -0.308. The molecule has 1 rings (SSSR count). The number of halogens is 2. The largest absolute Gasteiger partial charge is 0.365 e. The lowest BCUT2D eigenvalue weighted by Gasteiger charge is -2.19. The van der Waals surface area contributed by atoms with E-state index in [2.05, 4.69) is 0 Å². The lowest BCUT2D eigenvalue weighted by molar-refractivity contribution is -0.908. The van der Waals surface area contributed by atoms with Crippen molar-refractivity contribution in [1.29, 1.82) is 0 Å². The van der Waals surface area contributed by atoms with Gasteiger partial charge in [-0.05, 0) is 19.1 Å². The molecule has 1 amide bonds. The SMILES string of the molecule is C[C@H](C(N)=O)[NH+](C)Cc1ccc(Cl)c(Cl)c1. The summed E-state index contributed by atoms with van der Waals surface area (Å²) in [6.45, 7) is 2.48. The number of amides is 1. The van der Waals surface area contributed by atoms with Gasteiger partial charge in [-0.1, -0.05) is 29.3 Å². The van der Waals surface area contributed by atoms with Gasteiger partial charge in [0.25, 0.3) is 5.91 Å². The Bertz CT molecular complexity index is 396. The van der Waals surface area contributed by atoms with Crippen LogP contribution in [0.2, 0.25) is 10.0 Å². The van der Waals surface area contributed by atoms with Gasteiger partial charge in [-0.25, -0.2) is 0 Å². The summed E-state index contributed by atoms with van der Waals surface area (Å²) in [5.74, 6) is -0.308. The molecular formula is C11H15Cl2N2O+. The maximum Gasteiger partial charge on any atom is 0.275 e. The molecule has 0 radical (unpaired) electrons. The van der Waals surface area contributed by atoms with Gasteiger partial charge in [-0.2, -0.15) is 0 Å². The monoisotopic (exact) mass is 261 g/mol. The van der Waals surface area contributed by atoms with Gasteiger partial charge in [0.15, 0.2) is 6.04 Å². The zero-order valence-electron chi connectivity index (χ0n) is 9.26. The highest BCUT2D eigenvalue weighted by atomic mass is 35.5. The van der Waals surface area contributed by atoms with Crippen molar-refractivity contribution < 1.29 is 9.69 Å². The average molecular weight is 262 g/mol. The first-order chi connectivity index (χ1) is 7.41. The summed E-state index contributed by atoms with van der Waals surface area (Å²) >= 11 is 11.7. The van der Waals surface area contributed by atoms with Gasteiger partial charge >= 0.3 is 0 Å². The van der Waals surface area contributed by atoms with E-state index >= 15 is 0 Å². The number of nitrogens with two attached hydrogens (primary N) is 1. The molecule has 3 N–H and O–H groups in total. The first kappa shape index (κ1) is 13.3. The second-order valence-corrected chi connectivity index (χ2v) is 4.71. The van der Waals surface area contributed by atoms with Crippen LogP contribution in [0.1, 0.15) is 12.5 Å². The summed E-state index contributed by atoms with van der Waals surface area (Å²) in [6, 6.07) is 5.22. The molecule has 0 fully saturated rings. The van der Waals surface area contributed by atoms with Gasteiger partial charge in [-0.15, -0.1) is 0 Å². The van der Waals surface area contributed by atoms with Crippen molar-refractivity contribution in [2.45, 2.75) is 19.5 Å². The average Bonchev–Trinajstić information content (AvgIpc) is 2.22. The van der Waals surface area contributed by atoms with Crippen molar-refractivity contribution in [3.05, 3.63) is 33.8 Å². The lowest BCUT2D eigenvalue weighted by atomic mass is 10.2.